The molecule has 1 atom stereocenters. The Kier molecular flexibility index (Phi) is 2.42. The van der Waals surface area contributed by atoms with Gasteiger partial charge in [0, 0.05) is 0 Å². The summed E-state index contributed by atoms with van der Waals surface area (Å²) in [6.45, 7) is 7.34. The molecule has 0 spiro atoms. The van der Waals surface area contributed by atoms with E-state index >= 15 is 0 Å². The molecule has 0 saturated carbocycles. The van der Waals surface area contributed by atoms with Gasteiger partial charge in [-0.05, 0) is 20.3 Å². The lowest BCUT2D eigenvalue weighted by atomic mass is 10.1. The Morgan fingerprint density at radius 2 is 2.17 bits per heavy atom. The summed E-state index contributed by atoms with van der Waals surface area (Å²) in [4.78, 5) is 0. The molecule has 1 heterocycles. The number of sulfone groups is 1. The van der Waals surface area contributed by atoms with Crippen molar-refractivity contribution in [2.45, 2.75) is 25.5 Å². The van der Waals surface area contributed by atoms with Crippen LogP contribution in [0.15, 0.2) is 23.8 Å². The normalized spacial score (nSPS) is 27.7. The second-order valence-corrected chi connectivity index (χ2v) is 5.47. The molecule has 0 aliphatic carbocycles. The van der Waals surface area contributed by atoms with Crippen LogP contribution in [0.2, 0.25) is 0 Å². The zero-order valence-electron chi connectivity index (χ0n) is 7.50. The number of rotatable bonds is 2. The topological polar surface area (TPSA) is 34.1 Å². The van der Waals surface area contributed by atoms with Gasteiger partial charge in [0.2, 0.25) is 0 Å². The lowest BCUT2D eigenvalue weighted by Crippen LogP contribution is -2.17. The van der Waals surface area contributed by atoms with Crippen LogP contribution >= 0.6 is 0 Å². The van der Waals surface area contributed by atoms with Gasteiger partial charge in [-0.2, -0.15) is 0 Å². The third-order valence-electron chi connectivity index (χ3n) is 2.39. The van der Waals surface area contributed by atoms with Gasteiger partial charge in [-0.1, -0.05) is 17.2 Å². The van der Waals surface area contributed by atoms with Crippen LogP contribution in [0.3, 0.4) is 0 Å². The van der Waals surface area contributed by atoms with Crippen molar-refractivity contribution in [1.82, 2.24) is 0 Å². The fraction of sp³-hybridized carbons (Fsp3) is 0.556. The van der Waals surface area contributed by atoms with E-state index in [2.05, 4.69) is 6.58 Å². The summed E-state index contributed by atoms with van der Waals surface area (Å²) in [5, 5.41) is -0.296. The van der Waals surface area contributed by atoms with Crippen LogP contribution in [0.5, 0.6) is 0 Å². The molecule has 68 valence electrons. The Bertz CT molecular complexity index is 322. The Labute approximate surface area is 73.9 Å². The fourth-order valence-electron chi connectivity index (χ4n) is 1.54. The quantitative estimate of drug-likeness (QED) is 0.615. The van der Waals surface area contributed by atoms with Crippen LogP contribution in [-0.4, -0.2) is 19.4 Å². The second-order valence-electron chi connectivity index (χ2n) is 3.28. The molecule has 0 radical (unpaired) electrons. The first-order chi connectivity index (χ1) is 5.49. The highest BCUT2D eigenvalue weighted by molar-refractivity contribution is 7.92. The standard InChI is InChI=1S/C9H14O2S/c1-4-5-9-8(3)7(2)6-12(9,10)11/h4,9H,1,5-6H2,2-3H3. The van der Waals surface area contributed by atoms with Crippen LogP contribution < -0.4 is 0 Å². The van der Waals surface area contributed by atoms with Crippen LogP contribution in [0, 0.1) is 0 Å². The minimum atomic E-state index is -2.89. The smallest absolute Gasteiger partial charge is 0.161 e. The molecule has 1 aliphatic heterocycles. The van der Waals surface area contributed by atoms with E-state index in [0.29, 0.717) is 6.42 Å². The van der Waals surface area contributed by atoms with E-state index in [0.717, 1.165) is 11.1 Å². The Balaban J connectivity index is 3.02. The zero-order valence-corrected chi connectivity index (χ0v) is 8.32. The van der Waals surface area contributed by atoms with E-state index in [1.165, 1.54) is 0 Å². The summed E-state index contributed by atoms with van der Waals surface area (Å²) >= 11 is 0. The van der Waals surface area contributed by atoms with E-state index in [4.69, 9.17) is 0 Å². The van der Waals surface area contributed by atoms with Crippen LogP contribution in [-0.2, 0) is 9.84 Å². The molecular weight excluding hydrogens is 172 g/mol. The minimum absolute atomic E-state index is 0.233. The molecule has 0 aromatic heterocycles. The third kappa shape index (κ3) is 1.46. The summed E-state index contributed by atoms with van der Waals surface area (Å²) in [5.41, 5.74) is 2.01. The summed E-state index contributed by atoms with van der Waals surface area (Å²) in [6, 6.07) is 0. The highest BCUT2D eigenvalue weighted by Crippen LogP contribution is 2.28. The number of allylic oxidation sites excluding steroid dienone is 1. The molecule has 0 aromatic carbocycles. The average Bonchev–Trinajstić information content (AvgIpc) is 2.13. The van der Waals surface area contributed by atoms with Gasteiger partial charge in [0.05, 0.1) is 11.0 Å². The Morgan fingerprint density at radius 3 is 2.50 bits per heavy atom. The predicted octanol–water partition coefficient (Wildman–Crippen LogP) is 1.70. The second kappa shape index (κ2) is 3.05. The first-order valence-electron chi connectivity index (χ1n) is 3.97. The van der Waals surface area contributed by atoms with Gasteiger partial charge < -0.3 is 0 Å². The Hall–Kier alpha value is -0.570. The van der Waals surface area contributed by atoms with Crippen molar-refractivity contribution >= 4 is 9.84 Å². The van der Waals surface area contributed by atoms with Crippen molar-refractivity contribution in [3.8, 4) is 0 Å². The largest absolute Gasteiger partial charge is 0.228 e. The molecule has 0 bridgehead atoms. The maximum Gasteiger partial charge on any atom is 0.161 e. The zero-order chi connectivity index (χ0) is 9.35. The third-order valence-corrected chi connectivity index (χ3v) is 4.64. The molecule has 3 heteroatoms. The SMILES string of the molecule is C=CCC1C(C)=C(C)CS1(=O)=O. The molecule has 1 rings (SSSR count). The molecule has 1 aliphatic rings. The molecular formula is C9H14O2S. The van der Waals surface area contributed by atoms with Crippen LogP contribution in [0.25, 0.3) is 0 Å². The van der Waals surface area contributed by atoms with Crippen molar-refractivity contribution in [2.75, 3.05) is 5.75 Å². The highest BCUT2D eigenvalue weighted by Gasteiger charge is 2.33. The van der Waals surface area contributed by atoms with Crippen molar-refractivity contribution in [1.29, 1.82) is 0 Å². The van der Waals surface area contributed by atoms with E-state index in [1.807, 2.05) is 13.8 Å². The Morgan fingerprint density at radius 1 is 1.58 bits per heavy atom. The van der Waals surface area contributed by atoms with E-state index in [-0.39, 0.29) is 11.0 Å². The maximum absolute atomic E-state index is 11.5. The van der Waals surface area contributed by atoms with Crippen molar-refractivity contribution in [3.63, 3.8) is 0 Å². The number of hydrogen-bond donors (Lipinski definition) is 0. The average molecular weight is 186 g/mol. The lowest BCUT2D eigenvalue weighted by Gasteiger charge is -2.07. The summed E-state index contributed by atoms with van der Waals surface area (Å²) in [7, 11) is -2.89. The number of hydrogen-bond acceptors (Lipinski definition) is 2. The van der Waals surface area contributed by atoms with Crippen LogP contribution in [0.1, 0.15) is 20.3 Å². The van der Waals surface area contributed by atoms with Gasteiger partial charge in [-0.25, -0.2) is 8.42 Å². The molecule has 0 fully saturated rings. The van der Waals surface area contributed by atoms with Gasteiger partial charge in [-0.15, -0.1) is 6.58 Å². The van der Waals surface area contributed by atoms with E-state index in [1.54, 1.807) is 6.08 Å². The van der Waals surface area contributed by atoms with Crippen molar-refractivity contribution in [3.05, 3.63) is 23.8 Å². The summed E-state index contributed by atoms with van der Waals surface area (Å²) < 4.78 is 23.0. The monoisotopic (exact) mass is 186 g/mol. The highest BCUT2D eigenvalue weighted by atomic mass is 32.2. The fourth-order valence-corrected chi connectivity index (χ4v) is 3.74. The van der Waals surface area contributed by atoms with Crippen molar-refractivity contribution < 1.29 is 8.42 Å². The minimum Gasteiger partial charge on any atom is -0.228 e. The van der Waals surface area contributed by atoms with Crippen molar-refractivity contribution in [2.24, 2.45) is 0 Å². The van der Waals surface area contributed by atoms with Gasteiger partial charge in [0.1, 0.15) is 0 Å². The molecule has 0 aromatic rings. The molecule has 12 heavy (non-hydrogen) atoms. The first-order valence-corrected chi connectivity index (χ1v) is 5.69. The van der Waals surface area contributed by atoms with Gasteiger partial charge in [0.15, 0.2) is 9.84 Å². The van der Waals surface area contributed by atoms with Gasteiger partial charge in [0.25, 0.3) is 0 Å². The van der Waals surface area contributed by atoms with Gasteiger partial charge in [-0.3, -0.25) is 0 Å². The lowest BCUT2D eigenvalue weighted by molar-refractivity contribution is 0.592. The first kappa shape index (κ1) is 9.52. The summed E-state index contributed by atoms with van der Waals surface area (Å²) in [6.07, 6.45) is 2.22. The van der Waals surface area contributed by atoms with E-state index < -0.39 is 9.84 Å². The van der Waals surface area contributed by atoms with Gasteiger partial charge >= 0.3 is 0 Å². The molecule has 0 saturated heterocycles. The van der Waals surface area contributed by atoms with E-state index in [9.17, 15) is 8.42 Å². The molecule has 0 N–H and O–H groups in total. The maximum atomic E-state index is 11.5. The molecule has 0 amide bonds. The van der Waals surface area contributed by atoms with Crippen LogP contribution in [0.4, 0.5) is 0 Å². The molecule has 2 nitrogen and oxygen atoms in total. The summed E-state index contributed by atoms with van der Waals surface area (Å²) in [5.74, 6) is 0.233. The predicted molar refractivity (Wildman–Crippen MR) is 50.8 cm³/mol. The molecule has 1 unspecified atom stereocenters.